The van der Waals surface area contributed by atoms with Gasteiger partial charge in [0.15, 0.2) is 6.61 Å². The van der Waals surface area contributed by atoms with Gasteiger partial charge in [0, 0.05) is 26.1 Å². The molecule has 2 aliphatic rings. The zero-order valence-corrected chi connectivity index (χ0v) is 19.6. The van der Waals surface area contributed by atoms with Crippen LogP contribution in [-0.2, 0) is 14.4 Å². The molecule has 9 heteroatoms. The summed E-state index contributed by atoms with van der Waals surface area (Å²) in [6, 6.07) is 7.27. The number of likely N-dealkylation sites (tertiary alicyclic amines) is 1. The maximum Gasteiger partial charge on any atom is 0.303 e. The molecule has 172 valence electrons. The minimum atomic E-state index is -0.802. The summed E-state index contributed by atoms with van der Waals surface area (Å²) in [6.07, 6.45) is 7.28. The van der Waals surface area contributed by atoms with E-state index >= 15 is 0 Å². The summed E-state index contributed by atoms with van der Waals surface area (Å²) in [6.45, 7) is 2.15. The maximum atomic E-state index is 12.7. The number of carbonyl (C=O) groups excluding carboxylic acids is 2. The molecule has 0 aromatic heterocycles. The van der Waals surface area contributed by atoms with Gasteiger partial charge in [0.05, 0.1) is 4.91 Å². The van der Waals surface area contributed by atoms with Crippen molar-refractivity contribution < 1.29 is 24.2 Å². The first-order valence-electron chi connectivity index (χ1n) is 10.9. The van der Waals surface area contributed by atoms with Crippen molar-refractivity contribution in [2.75, 3.05) is 26.2 Å². The first-order chi connectivity index (χ1) is 15.4. The van der Waals surface area contributed by atoms with E-state index < -0.39 is 5.97 Å². The van der Waals surface area contributed by atoms with Crippen molar-refractivity contribution in [3.8, 4) is 5.75 Å². The molecule has 3 rings (SSSR count). The Kier molecular flexibility index (Phi) is 9.11. The summed E-state index contributed by atoms with van der Waals surface area (Å²) in [5.74, 6) is -0.295. The number of carboxylic acids is 1. The highest BCUT2D eigenvalue weighted by Crippen LogP contribution is 2.33. The number of carbonyl (C=O) groups is 3. The number of hydrogen-bond acceptors (Lipinski definition) is 6. The van der Waals surface area contributed by atoms with Crippen LogP contribution in [0.2, 0.25) is 0 Å². The Morgan fingerprint density at radius 2 is 1.81 bits per heavy atom. The molecule has 1 aromatic rings. The van der Waals surface area contributed by atoms with Crippen LogP contribution in [0.1, 0.15) is 50.5 Å². The van der Waals surface area contributed by atoms with Gasteiger partial charge in [0.1, 0.15) is 10.1 Å². The molecule has 2 amide bonds. The van der Waals surface area contributed by atoms with Crippen LogP contribution < -0.4 is 4.74 Å². The molecule has 0 unspecified atom stereocenters. The average molecular weight is 477 g/mol. The monoisotopic (exact) mass is 476 g/mol. The number of hydrogen-bond donors (Lipinski definition) is 1. The lowest BCUT2D eigenvalue weighted by Crippen LogP contribution is -2.38. The number of piperidine rings is 1. The molecule has 0 saturated carbocycles. The van der Waals surface area contributed by atoms with Gasteiger partial charge < -0.3 is 14.7 Å². The lowest BCUT2D eigenvalue weighted by Gasteiger charge is -2.26. The molecule has 7 nitrogen and oxygen atoms in total. The Balaban J connectivity index is 1.48. The van der Waals surface area contributed by atoms with Crippen molar-refractivity contribution in [3.63, 3.8) is 0 Å². The molecule has 0 aliphatic carbocycles. The van der Waals surface area contributed by atoms with Gasteiger partial charge in [-0.05, 0) is 55.9 Å². The number of rotatable bonds is 10. The van der Waals surface area contributed by atoms with Crippen LogP contribution in [0.25, 0.3) is 6.08 Å². The first-order valence-corrected chi connectivity index (χ1v) is 12.1. The van der Waals surface area contributed by atoms with Gasteiger partial charge in [-0.25, -0.2) is 0 Å². The molecule has 2 saturated heterocycles. The standard InChI is InChI=1S/C23H28N2O5S2/c26-20(24-12-4-2-5-13-24)16-30-18-10-8-17(9-11-18)15-19-22(29)25(23(31)32-19)14-6-1-3-7-21(27)28/h8-11,15H,1-7,12-14,16H2,(H,27,28)/b19-15+. The van der Waals surface area contributed by atoms with Crippen molar-refractivity contribution in [1.82, 2.24) is 9.80 Å². The molecule has 2 heterocycles. The van der Waals surface area contributed by atoms with Gasteiger partial charge in [-0.3, -0.25) is 19.3 Å². The number of unbranched alkanes of at least 4 members (excludes halogenated alkanes) is 2. The summed E-state index contributed by atoms with van der Waals surface area (Å²) in [5, 5.41) is 8.69. The Labute approximate surface area is 197 Å². The molecular weight excluding hydrogens is 448 g/mol. The Hall–Kier alpha value is -2.39. The fraction of sp³-hybridized carbons (Fsp3) is 0.478. The molecule has 0 radical (unpaired) electrons. The van der Waals surface area contributed by atoms with Crippen molar-refractivity contribution >= 4 is 52.2 Å². The van der Waals surface area contributed by atoms with Crippen LogP contribution in [0, 0.1) is 0 Å². The third-order valence-corrected chi connectivity index (χ3v) is 6.77. The lowest BCUT2D eigenvalue weighted by molar-refractivity contribution is -0.137. The first kappa shape index (κ1) is 24.3. The average Bonchev–Trinajstić information content (AvgIpc) is 3.05. The van der Waals surface area contributed by atoms with E-state index in [1.165, 1.54) is 18.2 Å². The van der Waals surface area contributed by atoms with Crippen LogP contribution >= 0.6 is 24.0 Å². The Morgan fingerprint density at radius 3 is 2.50 bits per heavy atom. The molecule has 0 bridgehead atoms. The smallest absolute Gasteiger partial charge is 0.303 e. The van der Waals surface area contributed by atoms with Crippen molar-refractivity contribution in [3.05, 3.63) is 34.7 Å². The molecule has 1 N–H and O–H groups in total. The number of amides is 2. The summed E-state index contributed by atoms with van der Waals surface area (Å²) in [5.41, 5.74) is 0.849. The topological polar surface area (TPSA) is 87.1 Å². The van der Waals surface area contributed by atoms with Crippen LogP contribution in [0.15, 0.2) is 29.2 Å². The number of benzene rings is 1. The van der Waals surface area contributed by atoms with E-state index in [0.29, 0.717) is 27.9 Å². The molecular formula is C23H28N2O5S2. The third-order valence-electron chi connectivity index (χ3n) is 5.39. The number of aliphatic carboxylic acids is 1. The molecule has 1 aromatic carbocycles. The predicted octanol–water partition coefficient (Wildman–Crippen LogP) is 3.92. The minimum absolute atomic E-state index is 0.0143. The van der Waals surface area contributed by atoms with E-state index in [-0.39, 0.29) is 24.8 Å². The predicted molar refractivity (Wildman–Crippen MR) is 128 cm³/mol. The summed E-state index contributed by atoms with van der Waals surface area (Å²) >= 11 is 6.61. The number of carboxylic acid groups (broad SMARTS) is 1. The van der Waals surface area contributed by atoms with Crippen LogP contribution in [0.4, 0.5) is 0 Å². The highest BCUT2D eigenvalue weighted by molar-refractivity contribution is 8.26. The second-order valence-electron chi connectivity index (χ2n) is 7.84. The van der Waals surface area contributed by atoms with Crippen LogP contribution in [-0.4, -0.2) is 63.3 Å². The summed E-state index contributed by atoms with van der Waals surface area (Å²) in [4.78, 5) is 39.5. The quantitative estimate of drug-likeness (QED) is 0.311. The number of thioether (sulfide) groups is 1. The van der Waals surface area contributed by atoms with Crippen molar-refractivity contribution in [2.24, 2.45) is 0 Å². The van der Waals surface area contributed by atoms with Gasteiger partial charge in [-0.1, -0.05) is 42.5 Å². The van der Waals surface area contributed by atoms with Crippen molar-refractivity contribution in [2.45, 2.75) is 44.9 Å². The van der Waals surface area contributed by atoms with E-state index in [1.54, 1.807) is 23.1 Å². The van der Waals surface area contributed by atoms with Gasteiger partial charge in [-0.2, -0.15) is 0 Å². The van der Waals surface area contributed by atoms with Crippen molar-refractivity contribution in [1.29, 1.82) is 0 Å². The molecule has 0 spiro atoms. The third kappa shape index (κ3) is 7.06. The maximum absolute atomic E-state index is 12.7. The zero-order chi connectivity index (χ0) is 22.9. The highest BCUT2D eigenvalue weighted by Gasteiger charge is 2.31. The lowest BCUT2D eigenvalue weighted by atomic mass is 10.1. The molecule has 2 aliphatic heterocycles. The molecule has 0 atom stereocenters. The van der Waals surface area contributed by atoms with E-state index in [9.17, 15) is 14.4 Å². The van der Waals surface area contributed by atoms with Gasteiger partial charge in [-0.15, -0.1) is 0 Å². The van der Waals surface area contributed by atoms with E-state index in [4.69, 9.17) is 22.1 Å². The second kappa shape index (κ2) is 12.0. The van der Waals surface area contributed by atoms with Gasteiger partial charge in [0.2, 0.25) is 0 Å². The van der Waals surface area contributed by atoms with Gasteiger partial charge >= 0.3 is 5.97 Å². The molecule has 2 fully saturated rings. The van der Waals surface area contributed by atoms with Gasteiger partial charge in [0.25, 0.3) is 11.8 Å². The van der Waals surface area contributed by atoms with E-state index in [1.807, 2.05) is 17.0 Å². The largest absolute Gasteiger partial charge is 0.484 e. The minimum Gasteiger partial charge on any atom is -0.484 e. The summed E-state index contributed by atoms with van der Waals surface area (Å²) < 4.78 is 6.15. The van der Waals surface area contributed by atoms with Crippen LogP contribution in [0.5, 0.6) is 5.75 Å². The highest BCUT2D eigenvalue weighted by atomic mass is 32.2. The fourth-order valence-electron chi connectivity index (χ4n) is 3.61. The normalized spacial score (nSPS) is 17.8. The number of ether oxygens (including phenoxy) is 1. The zero-order valence-electron chi connectivity index (χ0n) is 18.0. The van der Waals surface area contributed by atoms with E-state index in [0.717, 1.165) is 44.3 Å². The molecule has 32 heavy (non-hydrogen) atoms. The second-order valence-corrected chi connectivity index (χ2v) is 9.51. The number of thiocarbonyl (C=S) groups is 1. The number of nitrogens with zero attached hydrogens (tertiary/aromatic N) is 2. The Bertz CT molecular complexity index is 879. The summed E-state index contributed by atoms with van der Waals surface area (Å²) in [7, 11) is 0. The van der Waals surface area contributed by atoms with E-state index in [2.05, 4.69) is 0 Å². The Morgan fingerprint density at radius 1 is 1.09 bits per heavy atom. The fourth-order valence-corrected chi connectivity index (χ4v) is 4.92. The SMILES string of the molecule is O=C(O)CCCCCN1C(=O)/C(=C\c2ccc(OCC(=O)N3CCCCC3)cc2)SC1=S. The van der Waals surface area contributed by atoms with Crippen LogP contribution in [0.3, 0.4) is 0 Å².